The molecule has 1 aliphatic heterocycles. The zero-order valence-corrected chi connectivity index (χ0v) is 13.5. The van der Waals surface area contributed by atoms with Gasteiger partial charge in [-0.25, -0.2) is 9.97 Å². The minimum atomic E-state index is 0.143. The van der Waals surface area contributed by atoms with Crippen LogP contribution in [0.3, 0.4) is 0 Å². The Morgan fingerprint density at radius 3 is 3.00 bits per heavy atom. The van der Waals surface area contributed by atoms with Crippen LogP contribution in [0.5, 0.6) is 0 Å². The summed E-state index contributed by atoms with van der Waals surface area (Å²) in [5.41, 5.74) is 1.04. The average molecular weight is 323 g/mol. The number of aromatic nitrogens is 2. The van der Waals surface area contributed by atoms with E-state index in [2.05, 4.69) is 22.1 Å². The van der Waals surface area contributed by atoms with E-state index >= 15 is 0 Å². The summed E-state index contributed by atoms with van der Waals surface area (Å²) in [4.78, 5) is 24.0. The lowest BCUT2D eigenvalue weighted by molar-refractivity contribution is 0.0711. The molecule has 1 fully saturated rings. The molecule has 0 aliphatic carbocycles. The molecule has 0 saturated carbocycles. The maximum Gasteiger partial charge on any atom is 0.263 e. The molecule has 1 amide bonds. The lowest BCUT2D eigenvalue weighted by Crippen LogP contribution is -2.39. The van der Waals surface area contributed by atoms with Crippen LogP contribution in [0.4, 0.5) is 0 Å². The van der Waals surface area contributed by atoms with Crippen LogP contribution in [0, 0.1) is 0 Å². The number of carbonyl (C=O) groups excluding carboxylic acids is 1. The van der Waals surface area contributed by atoms with Gasteiger partial charge in [-0.15, -0.1) is 11.3 Å². The van der Waals surface area contributed by atoms with E-state index in [9.17, 15) is 4.79 Å². The first-order valence-electron chi connectivity index (χ1n) is 7.85. The Morgan fingerprint density at radius 2 is 2.17 bits per heavy atom. The van der Waals surface area contributed by atoms with Gasteiger partial charge in [0.2, 0.25) is 0 Å². The number of piperidine rings is 1. The van der Waals surface area contributed by atoms with E-state index < -0.39 is 0 Å². The van der Waals surface area contributed by atoms with Gasteiger partial charge in [-0.3, -0.25) is 4.79 Å². The fourth-order valence-corrected chi connectivity index (χ4v) is 4.22. The fourth-order valence-electron chi connectivity index (χ4n) is 3.19. The lowest BCUT2D eigenvalue weighted by atomic mass is 9.94. The van der Waals surface area contributed by atoms with Crippen molar-refractivity contribution in [3.05, 3.63) is 59.5 Å². The Labute approximate surface area is 138 Å². The standard InChI is InChI=1S/C18H17N3OS/c22-18(17-10-13-4-1-2-6-16(13)23-17)21-9-3-5-14(11-21)15-7-8-19-12-20-15/h1-2,4,6-8,10,12,14H,3,5,9,11H2. The molecule has 4 rings (SSSR count). The third-order valence-electron chi connectivity index (χ3n) is 4.37. The van der Waals surface area contributed by atoms with E-state index in [0.29, 0.717) is 5.92 Å². The van der Waals surface area contributed by atoms with E-state index in [1.807, 2.05) is 29.2 Å². The van der Waals surface area contributed by atoms with Gasteiger partial charge < -0.3 is 4.90 Å². The third kappa shape index (κ3) is 2.84. The number of rotatable bonds is 2. The SMILES string of the molecule is O=C(c1cc2ccccc2s1)N1CCCC(c2ccncn2)C1. The van der Waals surface area contributed by atoms with Crippen molar-refractivity contribution in [1.82, 2.24) is 14.9 Å². The monoisotopic (exact) mass is 323 g/mol. The largest absolute Gasteiger partial charge is 0.337 e. The topological polar surface area (TPSA) is 46.1 Å². The van der Waals surface area contributed by atoms with Gasteiger partial charge in [0.15, 0.2) is 0 Å². The Balaban J connectivity index is 1.56. The first-order valence-corrected chi connectivity index (χ1v) is 8.67. The fraction of sp³-hybridized carbons (Fsp3) is 0.278. The van der Waals surface area contributed by atoms with Gasteiger partial charge in [-0.2, -0.15) is 0 Å². The molecule has 116 valence electrons. The van der Waals surface area contributed by atoms with Crippen LogP contribution in [0.15, 0.2) is 48.9 Å². The molecular weight excluding hydrogens is 306 g/mol. The molecule has 1 aliphatic rings. The number of likely N-dealkylation sites (tertiary alicyclic amines) is 1. The highest BCUT2D eigenvalue weighted by Crippen LogP contribution is 2.30. The van der Waals surface area contributed by atoms with E-state index in [0.717, 1.165) is 41.9 Å². The number of benzene rings is 1. The average Bonchev–Trinajstić information content (AvgIpc) is 3.06. The van der Waals surface area contributed by atoms with Crippen molar-refractivity contribution < 1.29 is 4.79 Å². The van der Waals surface area contributed by atoms with Crippen LogP contribution in [0.2, 0.25) is 0 Å². The number of hydrogen-bond donors (Lipinski definition) is 0. The number of amides is 1. The quantitative estimate of drug-likeness (QED) is 0.722. The van der Waals surface area contributed by atoms with Gasteiger partial charge in [0.05, 0.1) is 4.88 Å². The summed E-state index contributed by atoms with van der Waals surface area (Å²) in [5, 5.41) is 1.14. The molecule has 3 heterocycles. The van der Waals surface area contributed by atoms with Crippen LogP contribution in [0.25, 0.3) is 10.1 Å². The summed E-state index contributed by atoms with van der Waals surface area (Å²) in [6.45, 7) is 1.57. The highest BCUT2D eigenvalue weighted by atomic mass is 32.1. The van der Waals surface area contributed by atoms with Crippen LogP contribution in [-0.2, 0) is 0 Å². The number of nitrogens with zero attached hydrogens (tertiary/aromatic N) is 3. The molecule has 1 saturated heterocycles. The maximum atomic E-state index is 12.8. The molecule has 23 heavy (non-hydrogen) atoms. The highest BCUT2D eigenvalue weighted by molar-refractivity contribution is 7.20. The highest BCUT2D eigenvalue weighted by Gasteiger charge is 2.27. The molecule has 0 bridgehead atoms. The maximum absolute atomic E-state index is 12.8. The summed E-state index contributed by atoms with van der Waals surface area (Å²) < 4.78 is 1.17. The molecule has 2 aromatic heterocycles. The molecular formula is C18H17N3OS. The smallest absolute Gasteiger partial charge is 0.263 e. The zero-order valence-electron chi connectivity index (χ0n) is 12.7. The summed E-state index contributed by atoms with van der Waals surface area (Å²) in [7, 11) is 0. The molecule has 4 nitrogen and oxygen atoms in total. The van der Waals surface area contributed by atoms with Gasteiger partial charge in [-0.05, 0) is 36.4 Å². The Bertz CT molecular complexity index is 797. The summed E-state index contributed by atoms with van der Waals surface area (Å²) in [5.74, 6) is 0.454. The molecule has 1 unspecified atom stereocenters. The van der Waals surface area contributed by atoms with Gasteiger partial charge in [-0.1, -0.05) is 18.2 Å². The van der Waals surface area contributed by atoms with Crippen molar-refractivity contribution in [1.29, 1.82) is 0 Å². The number of carbonyl (C=O) groups is 1. The minimum absolute atomic E-state index is 0.143. The Kier molecular flexibility index (Phi) is 3.79. The Hall–Kier alpha value is -2.27. The van der Waals surface area contributed by atoms with Crippen molar-refractivity contribution in [2.45, 2.75) is 18.8 Å². The van der Waals surface area contributed by atoms with Crippen molar-refractivity contribution in [2.24, 2.45) is 0 Å². The van der Waals surface area contributed by atoms with Gasteiger partial charge in [0.25, 0.3) is 5.91 Å². The lowest BCUT2D eigenvalue weighted by Gasteiger charge is -2.32. The first-order chi connectivity index (χ1) is 11.3. The van der Waals surface area contributed by atoms with E-state index in [1.165, 1.54) is 4.70 Å². The summed E-state index contributed by atoms with van der Waals surface area (Å²) in [6, 6.07) is 12.1. The second-order valence-corrected chi connectivity index (χ2v) is 6.96. The normalized spacial score (nSPS) is 18.3. The minimum Gasteiger partial charge on any atom is -0.337 e. The van der Waals surface area contributed by atoms with E-state index in [1.54, 1.807) is 23.9 Å². The van der Waals surface area contributed by atoms with Crippen LogP contribution in [0.1, 0.15) is 34.1 Å². The van der Waals surface area contributed by atoms with Crippen LogP contribution < -0.4 is 0 Å². The predicted molar refractivity (Wildman–Crippen MR) is 91.7 cm³/mol. The van der Waals surface area contributed by atoms with Crippen LogP contribution in [-0.4, -0.2) is 33.9 Å². The number of hydrogen-bond acceptors (Lipinski definition) is 4. The Morgan fingerprint density at radius 1 is 1.26 bits per heavy atom. The molecule has 0 radical (unpaired) electrons. The van der Waals surface area contributed by atoms with Crippen molar-refractivity contribution in [3.8, 4) is 0 Å². The molecule has 3 aromatic rings. The van der Waals surface area contributed by atoms with Gasteiger partial charge in [0, 0.05) is 35.6 Å². The molecule has 1 atom stereocenters. The zero-order chi connectivity index (χ0) is 15.6. The molecule has 0 spiro atoms. The van der Waals surface area contributed by atoms with Gasteiger partial charge in [0.1, 0.15) is 6.33 Å². The van der Waals surface area contributed by atoms with E-state index in [-0.39, 0.29) is 5.91 Å². The van der Waals surface area contributed by atoms with Gasteiger partial charge >= 0.3 is 0 Å². The third-order valence-corrected chi connectivity index (χ3v) is 5.47. The van der Waals surface area contributed by atoms with Crippen molar-refractivity contribution in [2.75, 3.05) is 13.1 Å². The van der Waals surface area contributed by atoms with Crippen LogP contribution >= 0.6 is 11.3 Å². The summed E-state index contributed by atoms with van der Waals surface area (Å²) in [6.07, 6.45) is 5.45. The molecule has 0 N–H and O–H groups in total. The second kappa shape index (κ2) is 6.08. The van der Waals surface area contributed by atoms with Crippen molar-refractivity contribution in [3.63, 3.8) is 0 Å². The van der Waals surface area contributed by atoms with Crippen molar-refractivity contribution >= 4 is 27.3 Å². The predicted octanol–water partition coefficient (Wildman–Crippen LogP) is 3.71. The number of fused-ring (bicyclic) bond motifs is 1. The molecule has 1 aromatic carbocycles. The molecule has 5 heteroatoms. The first kappa shape index (κ1) is 14.3. The van der Waals surface area contributed by atoms with E-state index in [4.69, 9.17) is 0 Å². The number of thiophene rings is 1. The second-order valence-electron chi connectivity index (χ2n) is 5.87. The summed E-state index contributed by atoms with van der Waals surface area (Å²) >= 11 is 1.58.